The molecule has 0 aromatic carbocycles. The Morgan fingerprint density at radius 1 is 1.31 bits per heavy atom. The molecule has 3 unspecified atom stereocenters. The van der Waals surface area contributed by atoms with E-state index < -0.39 is 47.8 Å². The van der Waals surface area contributed by atoms with Crippen molar-refractivity contribution in [2.45, 2.75) is 83.8 Å². The Kier molecular flexibility index (Phi) is 14.5. The van der Waals surface area contributed by atoms with Crippen LogP contribution in [-0.4, -0.2) is 80.8 Å². The van der Waals surface area contributed by atoms with E-state index in [0.717, 1.165) is 22.6 Å². The van der Waals surface area contributed by atoms with Crippen molar-refractivity contribution in [2.24, 2.45) is 5.92 Å². The molecule has 36 heavy (non-hydrogen) atoms. The Bertz CT molecular complexity index is 902. The molecular weight excluding hydrogens is 494 g/mol. The molecule has 208 valence electrons. The number of H-pyrrole nitrogens is 1. The number of aliphatic hydroxyl groups is 3. The minimum atomic E-state index is -0.969. The van der Waals surface area contributed by atoms with Gasteiger partial charge >= 0.3 is 5.69 Å². The fourth-order valence-corrected chi connectivity index (χ4v) is 3.56. The molecule has 1 saturated heterocycles. The first-order chi connectivity index (χ1) is 16.9. The number of hydrogen-bond donors (Lipinski definition) is 5. The van der Waals surface area contributed by atoms with Gasteiger partial charge < -0.3 is 30.1 Å². The lowest BCUT2D eigenvalue weighted by atomic mass is 10.1. The third-order valence-corrected chi connectivity index (χ3v) is 5.85. The molecule has 1 fully saturated rings. The monoisotopic (exact) mass is 535 g/mol. The van der Waals surface area contributed by atoms with Gasteiger partial charge in [-0.15, -0.1) is 11.6 Å². The summed E-state index contributed by atoms with van der Waals surface area (Å²) in [7, 11) is 0. The van der Waals surface area contributed by atoms with Crippen LogP contribution in [0.3, 0.4) is 0 Å². The number of alkyl halides is 1. The highest BCUT2D eigenvalue weighted by Gasteiger charge is 2.35. The largest absolute Gasteiger partial charge is 0.394 e. The van der Waals surface area contributed by atoms with E-state index in [2.05, 4.69) is 19.2 Å². The van der Waals surface area contributed by atoms with E-state index in [9.17, 15) is 19.5 Å². The number of halogens is 1. The van der Waals surface area contributed by atoms with Gasteiger partial charge in [0.1, 0.15) is 17.9 Å². The van der Waals surface area contributed by atoms with E-state index in [1.54, 1.807) is 13.8 Å². The maximum absolute atomic E-state index is 12.2. The summed E-state index contributed by atoms with van der Waals surface area (Å²) in [5, 5.41) is 30.5. The number of nitrogens with one attached hydrogen (secondary N) is 2. The number of carbonyl (C=O) groups is 1. The van der Waals surface area contributed by atoms with Crippen LogP contribution in [0, 0.1) is 5.92 Å². The van der Waals surface area contributed by atoms with Crippen molar-refractivity contribution in [2.75, 3.05) is 32.2 Å². The van der Waals surface area contributed by atoms with Gasteiger partial charge in [0.2, 0.25) is 0 Å². The Balaban J connectivity index is 0.000000613. The van der Waals surface area contributed by atoms with Gasteiger partial charge in [-0.25, -0.2) is 4.79 Å². The molecule has 0 spiro atoms. The summed E-state index contributed by atoms with van der Waals surface area (Å²) in [4.78, 5) is 38.2. The second kappa shape index (κ2) is 16.2. The fourth-order valence-electron chi connectivity index (χ4n) is 3.37. The van der Waals surface area contributed by atoms with E-state index >= 15 is 0 Å². The number of carbonyl (C=O) groups excluding carboxylic acids is 1. The SMILES string of the molecule is CC(C)(CO)OCCNC(=O)c1cn(C2CC(O)C(CO)O2)c(=O)[nH]c1=O.CC(C)CCCCCCl. The highest BCUT2D eigenvalue weighted by atomic mass is 35.5. The summed E-state index contributed by atoms with van der Waals surface area (Å²) in [6.07, 6.45) is 3.56. The number of aromatic amines is 1. The Morgan fingerprint density at radius 3 is 2.56 bits per heavy atom. The molecule has 0 aliphatic carbocycles. The van der Waals surface area contributed by atoms with Crippen LogP contribution >= 0.6 is 11.6 Å². The number of aromatic nitrogens is 2. The van der Waals surface area contributed by atoms with Gasteiger partial charge in [0.05, 0.1) is 31.5 Å². The van der Waals surface area contributed by atoms with Gasteiger partial charge in [-0.2, -0.15) is 0 Å². The Labute approximate surface area is 216 Å². The molecule has 1 aliphatic heterocycles. The lowest BCUT2D eigenvalue weighted by molar-refractivity contribution is -0.0514. The van der Waals surface area contributed by atoms with E-state index in [1.165, 1.54) is 25.7 Å². The van der Waals surface area contributed by atoms with Crippen LogP contribution in [0.15, 0.2) is 15.8 Å². The smallest absolute Gasteiger partial charge is 0.330 e. The first kappa shape index (κ1) is 32.3. The summed E-state index contributed by atoms with van der Waals surface area (Å²) < 4.78 is 11.8. The molecule has 1 aromatic heterocycles. The minimum Gasteiger partial charge on any atom is -0.394 e. The second-order valence-electron chi connectivity index (χ2n) is 9.78. The van der Waals surface area contributed by atoms with E-state index in [0.29, 0.717) is 0 Å². The van der Waals surface area contributed by atoms with Crippen LogP contribution in [0.4, 0.5) is 0 Å². The van der Waals surface area contributed by atoms with Gasteiger partial charge in [0, 0.05) is 25.0 Å². The van der Waals surface area contributed by atoms with E-state index in [4.69, 9.17) is 31.3 Å². The minimum absolute atomic E-state index is 0.0301. The van der Waals surface area contributed by atoms with Crippen LogP contribution in [0.2, 0.25) is 0 Å². The first-order valence-electron chi connectivity index (χ1n) is 12.3. The quantitative estimate of drug-likeness (QED) is 0.185. The number of amides is 1. The zero-order valence-electron chi connectivity index (χ0n) is 21.7. The summed E-state index contributed by atoms with van der Waals surface area (Å²) in [5.41, 5.74) is -2.70. The van der Waals surface area contributed by atoms with Crippen LogP contribution in [-0.2, 0) is 9.47 Å². The van der Waals surface area contributed by atoms with Crippen molar-refractivity contribution in [1.29, 1.82) is 0 Å². The molecular formula is C24H42ClN3O8. The number of rotatable bonds is 13. The van der Waals surface area contributed by atoms with Crippen LogP contribution < -0.4 is 16.6 Å². The van der Waals surface area contributed by atoms with Crippen LogP contribution in [0.5, 0.6) is 0 Å². The topological polar surface area (TPSA) is 163 Å². The van der Waals surface area contributed by atoms with Crippen molar-refractivity contribution in [1.82, 2.24) is 14.9 Å². The summed E-state index contributed by atoms with van der Waals surface area (Å²) >= 11 is 5.52. The molecule has 0 bridgehead atoms. The Hall–Kier alpha value is -1.76. The summed E-state index contributed by atoms with van der Waals surface area (Å²) in [5.74, 6) is 0.978. The molecule has 2 heterocycles. The summed E-state index contributed by atoms with van der Waals surface area (Å²) in [6.45, 7) is 7.50. The third-order valence-electron chi connectivity index (χ3n) is 5.58. The lowest BCUT2D eigenvalue weighted by Crippen LogP contribution is -2.40. The second-order valence-corrected chi connectivity index (χ2v) is 10.2. The Morgan fingerprint density at radius 2 is 2.00 bits per heavy atom. The average molecular weight is 536 g/mol. The van der Waals surface area contributed by atoms with Crippen molar-refractivity contribution in [3.63, 3.8) is 0 Å². The van der Waals surface area contributed by atoms with Crippen molar-refractivity contribution < 1.29 is 29.6 Å². The molecule has 11 nitrogen and oxygen atoms in total. The molecule has 2 rings (SSSR count). The predicted molar refractivity (Wildman–Crippen MR) is 136 cm³/mol. The van der Waals surface area contributed by atoms with Crippen LogP contribution in [0.1, 0.15) is 76.4 Å². The number of unbranched alkanes of at least 4 members (excludes halogenated alkanes) is 2. The first-order valence-corrected chi connectivity index (χ1v) is 12.9. The van der Waals surface area contributed by atoms with Gasteiger partial charge in [-0.1, -0.05) is 33.1 Å². The zero-order valence-corrected chi connectivity index (χ0v) is 22.4. The fraction of sp³-hybridized carbons (Fsp3) is 0.792. The molecule has 1 amide bonds. The molecule has 0 saturated carbocycles. The highest BCUT2D eigenvalue weighted by molar-refractivity contribution is 6.17. The lowest BCUT2D eigenvalue weighted by Gasteiger charge is -2.22. The van der Waals surface area contributed by atoms with Crippen molar-refractivity contribution in [3.05, 3.63) is 32.6 Å². The molecule has 1 aromatic rings. The molecule has 12 heteroatoms. The van der Waals surface area contributed by atoms with Gasteiger partial charge in [0.15, 0.2) is 0 Å². The van der Waals surface area contributed by atoms with Gasteiger partial charge in [-0.05, 0) is 26.2 Å². The number of nitrogens with zero attached hydrogens (tertiary/aromatic N) is 1. The standard InChI is InChI=1S/C16H25N3O8.C8H17Cl/c1-16(2,8-21)26-4-3-17-13(23)9-6-19(15(25)18-14(9)24)12-5-10(22)11(7-20)27-12;1-8(2)6-4-3-5-7-9/h6,10-12,20-22H,3-5,7-8H2,1-2H3,(H,17,23)(H,18,24,25);8H,3-7H2,1-2H3. The maximum atomic E-state index is 12.2. The zero-order chi connectivity index (χ0) is 27.3. The predicted octanol–water partition coefficient (Wildman–Crippen LogP) is 1.14. The van der Waals surface area contributed by atoms with Crippen LogP contribution in [0.25, 0.3) is 0 Å². The number of hydrogen-bond acceptors (Lipinski definition) is 8. The van der Waals surface area contributed by atoms with Crippen molar-refractivity contribution in [3.8, 4) is 0 Å². The van der Waals surface area contributed by atoms with Crippen molar-refractivity contribution >= 4 is 17.5 Å². The van der Waals surface area contributed by atoms with E-state index in [1.807, 2.05) is 4.98 Å². The third kappa shape index (κ3) is 11.1. The summed E-state index contributed by atoms with van der Waals surface area (Å²) in [6, 6.07) is 0. The van der Waals surface area contributed by atoms with Gasteiger partial charge in [-0.3, -0.25) is 19.1 Å². The average Bonchev–Trinajstić information content (AvgIpc) is 3.20. The molecule has 3 atom stereocenters. The highest BCUT2D eigenvalue weighted by Crippen LogP contribution is 2.27. The maximum Gasteiger partial charge on any atom is 0.330 e. The number of ether oxygens (including phenoxy) is 2. The number of aliphatic hydroxyl groups excluding tert-OH is 3. The molecule has 1 aliphatic rings. The molecule has 0 radical (unpaired) electrons. The molecule has 5 N–H and O–H groups in total. The van der Waals surface area contributed by atoms with Gasteiger partial charge in [0.25, 0.3) is 11.5 Å². The normalized spacial score (nSPS) is 19.8. The van der Waals surface area contributed by atoms with E-state index in [-0.39, 0.29) is 31.7 Å².